The molecule has 2 aliphatic rings. The van der Waals surface area contributed by atoms with E-state index in [1.165, 1.54) is 27.1 Å². The first-order valence-corrected chi connectivity index (χ1v) is 8.57. The molecule has 0 bridgehead atoms. The number of allylic oxidation sites excluding steroid dienone is 3. The number of carboxylic acids is 1. The SMILES string of the molecule is CCCC(C(=O)O)C1=c2ccc3c4c(ccc3c2C=C1)=CC=CC4. The molecule has 2 heteroatoms. The normalized spacial score (nSPS) is 16.0. The van der Waals surface area contributed by atoms with E-state index in [1.807, 2.05) is 13.0 Å². The molecule has 2 aromatic carbocycles. The van der Waals surface area contributed by atoms with Crippen LogP contribution in [0.25, 0.3) is 28.5 Å². The van der Waals surface area contributed by atoms with E-state index in [9.17, 15) is 9.90 Å². The summed E-state index contributed by atoms with van der Waals surface area (Å²) in [5.41, 5.74) is 3.48. The Kier molecular flexibility index (Phi) is 3.61. The lowest BCUT2D eigenvalue weighted by molar-refractivity contribution is -0.139. The number of fused-ring (bicyclic) bond motifs is 5. The van der Waals surface area contributed by atoms with Crippen LogP contribution in [0.5, 0.6) is 0 Å². The summed E-state index contributed by atoms with van der Waals surface area (Å²) in [5.74, 6) is -1.14. The van der Waals surface area contributed by atoms with Gasteiger partial charge in [-0.15, -0.1) is 0 Å². The van der Waals surface area contributed by atoms with E-state index >= 15 is 0 Å². The molecule has 1 atom stereocenters. The Hall–Kier alpha value is -2.61. The van der Waals surface area contributed by atoms with Crippen LogP contribution in [0.1, 0.15) is 30.9 Å². The van der Waals surface area contributed by atoms with E-state index in [0.717, 1.165) is 23.6 Å². The number of carbonyl (C=O) groups is 1. The molecular formula is C22H20O2. The highest BCUT2D eigenvalue weighted by atomic mass is 16.4. The molecule has 2 nitrogen and oxygen atoms in total. The third kappa shape index (κ3) is 2.22. The molecule has 24 heavy (non-hydrogen) atoms. The van der Waals surface area contributed by atoms with Gasteiger partial charge < -0.3 is 5.11 Å². The average Bonchev–Trinajstić information content (AvgIpc) is 3.03. The molecule has 2 aromatic rings. The lowest BCUT2D eigenvalue weighted by atomic mass is 9.91. The largest absolute Gasteiger partial charge is 0.481 e. The van der Waals surface area contributed by atoms with Crippen molar-refractivity contribution in [3.8, 4) is 0 Å². The highest BCUT2D eigenvalue weighted by Gasteiger charge is 2.23. The fourth-order valence-corrected chi connectivity index (χ4v) is 3.95. The monoisotopic (exact) mass is 316 g/mol. The van der Waals surface area contributed by atoms with Gasteiger partial charge in [0.1, 0.15) is 0 Å². The molecule has 0 saturated heterocycles. The molecular weight excluding hydrogens is 296 g/mol. The Morgan fingerprint density at radius 2 is 2.00 bits per heavy atom. The van der Waals surface area contributed by atoms with E-state index in [-0.39, 0.29) is 0 Å². The van der Waals surface area contributed by atoms with Gasteiger partial charge in [0.15, 0.2) is 0 Å². The highest BCUT2D eigenvalue weighted by Crippen LogP contribution is 2.28. The van der Waals surface area contributed by atoms with Crippen molar-refractivity contribution in [2.75, 3.05) is 0 Å². The summed E-state index contributed by atoms with van der Waals surface area (Å²) in [5, 5.41) is 14.5. The number of hydrogen-bond acceptors (Lipinski definition) is 1. The third-order valence-corrected chi connectivity index (χ3v) is 5.12. The molecule has 0 amide bonds. The molecule has 0 radical (unpaired) electrons. The molecule has 2 aliphatic carbocycles. The van der Waals surface area contributed by atoms with Crippen molar-refractivity contribution in [2.24, 2.45) is 5.92 Å². The molecule has 4 rings (SSSR count). The average molecular weight is 316 g/mol. The molecule has 1 unspecified atom stereocenters. The maximum Gasteiger partial charge on any atom is 0.310 e. The van der Waals surface area contributed by atoms with Crippen LogP contribution in [-0.4, -0.2) is 11.1 Å². The van der Waals surface area contributed by atoms with Crippen LogP contribution in [0.4, 0.5) is 0 Å². The van der Waals surface area contributed by atoms with Crippen molar-refractivity contribution >= 4 is 34.5 Å². The van der Waals surface area contributed by atoms with Crippen LogP contribution in [0.3, 0.4) is 0 Å². The molecule has 0 aliphatic heterocycles. The summed E-state index contributed by atoms with van der Waals surface area (Å²) >= 11 is 0. The van der Waals surface area contributed by atoms with Crippen molar-refractivity contribution in [1.82, 2.24) is 0 Å². The Bertz CT molecular complexity index is 1020. The van der Waals surface area contributed by atoms with Crippen LogP contribution in [0.15, 0.2) is 42.5 Å². The van der Waals surface area contributed by atoms with Crippen molar-refractivity contribution in [3.05, 3.63) is 64.1 Å². The van der Waals surface area contributed by atoms with E-state index in [2.05, 4.69) is 48.6 Å². The number of aliphatic carboxylic acids is 1. The fourth-order valence-electron chi connectivity index (χ4n) is 3.95. The summed E-state index contributed by atoms with van der Waals surface area (Å²) in [7, 11) is 0. The zero-order valence-corrected chi connectivity index (χ0v) is 13.8. The van der Waals surface area contributed by atoms with Gasteiger partial charge in [-0.3, -0.25) is 4.79 Å². The predicted octanol–water partition coefficient (Wildman–Crippen LogP) is 3.41. The smallest absolute Gasteiger partial charge is 0.310 e. The van der Waals surface area contributed by atoms with Crippen molar-refractivity contribution < 1.29 is 9.90 Å². The lowest BCUT2D eigenvalue weighted by Gasteiger charge is -2.13. The summed E-state index contributed by atoms with van der Waals surface area (Å²) < 4.78 is 0. The number of rotatable bonds is 4. The minimum atomic E-state index is -0.727. The van der Waals surface area contributed by atoms with Crippen molar-refractivity contribution in [1.29, 1.82) is 0 Å². The van der Waals surface area contributed by atoms with Gasteiger partial charge >= 0.3 is 5.97 Å². The van der Waals surface area contributed by atoms with Gasteiger partial charge in [-0.05, 0) is 50.8 Å². The Labute approximate surface area is 141 Å². The quantitative estimate of drug-likeness (QED) is 0.938. The molecule has 0 saturated carbocycles. The van der Waals surface area contributed by atoms with E-state index < -0.39 is 11.9 Å². The van der Waals surface area contributed by atoms with Gasteiger partial charge in [0.2, 0.25) is 0 Å². The van der Waals surface area contributed by atoms with Crippen LogP contribution in [-0.2, 0) is 11.2 Å². The molecule has 0 heterocycles. The first-order chi connectivity index (χ1) is 11.7. The van der Waals surface area contributed by atoms with E-state index in [1.54, 1.807) is 0 Å². The summed E-state index contributed by atoms with van der Waals surface area (Å²) in [4.78, 5) is 11.7. The number of carboxylic acid groups (broad SMARTS) is 1. The first kappa shape index (κ1) is 14.9. The Morgan fingerprint density at radius 1 is 1.17 bits per heavy atom. The minimum absolute atomic E-state index is 0.418. The summed E-state index contributed by atoms with van der Waals surface area (Å²) in [6.45, 7) is 2.03. The summed E-state index contributed by atoms with van der Waals surface area (Å²) in [6, 6.07) is 8.62. The van der Waals surface area contributed by atoms with Crippen LogP contribution in [0, 0.1) is 5.92 Å². The fraction of sp³-hybridized carbons (Fsp3) is 0.227. The zero-order chi connectivity index (χ0) is 16.7. The standard InChI is InChI=1S/C22H20O2/c1-2-5-21(22(23)24)20-13-12-18-17-9-8-14-6-3-4-7-15(14)16(17)10-11-19(18)20/h3-4,6,8-13,21H,2,5,7H2,1H3,(H,23,24). The second-order valence-corrected chi connectivity index (χ2v) is 6.52. The molecule has 0 spiro atoms. The maximum absolute atomic E-state index is 11.7. The van der Waals surface area contributed by atoms with Gasteiger partial charge in [-0.25, -0.2) is 0 Å². The second-order valence-electron chi connectivity index (χ2n) is 6.52. The molecule has 0 fully saturated rings. The van der Waals surface area contributed by atoms with Gasteiger partial charge in [0.25, 0.3) is 0 Å². The zero-order valence-electron chi connectivity index (χ0n) is 13.8. The van der Waals surface area contributed by atoms with Crippen LogP contribution < -0.4 is 10.4 Å². The topological polar surface area (TPSA) is 37.3 Å². The van der Waals surface area contributed by atoms with Gasteiger partial charge in [-0.1, -0.05) is 68.0 Å². The molecule has 1 N–H and O–H groups in total. The second kappa shape index (κ2) is 5.79. The number of hydrogen-bond donors (Lipinski definition) is 1. The Balaban J connectivity index is 1.98. The van der Waals surface area contributed by atoms with E-state index in [4.69, 9.17) is 0 Å². The molecule has 0 aromatic heterocycles. The predicted molar refractivity (Wildman–Crippen MR) is 99.0 cm³/mol. The minimum Gasteiger partial charge on any atom is -0.481 e. The lowest BCUT2D eigenvalue weighted by Crippen LogP contribution is -2.20. The maximum atomic E-state index is 11.7. The Morgan fingerprint density at radius 3 is 2.79 bits per heavy atom. The summed E-state index contributed by atoms with van der Waals surface area (Å²) in [6.07, 6.45) is 13.0. The van der Waals surface area contributed by atoms with Gasteiger partial charge in [0.05, 0.1) is 5.92 Å². The third-order valence-electron chi connectivity index (χ3n) is 5.12. The molecule has 120 valence electrons. The van der Waals surface area contributed by atoms with Gasteiger partial charge in [-0.2, -0.15) is 0 Å². The van der Waals surface area contributed by atoms with E-state index in [0.29, 0.717) is 6.42 Å². The highest BCUT2D eigenvalue weighted by molar-refractivity contribution is 5.99. The first-order valence-electron chi connectivity index (χ1n) is 8.57. The van der Waals surface area contributed by atoms with Crippen molar-refractivity contribution in [2.45, 2.75) is 26.2 Å². The van der Waals surface area contributed by atoms with Crippen molar-refractivity contribution in [3.63, 3.8) is 0 Å². The van der Waals surface area contributed by atoms with Crippen LogP contribution in [0.2, 0.25) is 0 Å². The van der Waals surface area contributed by atoms with Gasteiger partial charge in [0, 0.05) is 0 Å². The number of benzene rings is 2. The van der Waals surface area contributed by atoms with Crippen LogP contribution >= 0.6 is 0 Å².